The number of aromatic nitrogens is 2. The van der Waals surface area contributed by atoms with E-state index < -0.39 is 11.9 Å². The molecule has 0 aliphatic rings. The second kappa shape index (κ2) is 6.76. The molecule has 0 saturated carbocycles. The summed E-state index contributed by atoms with van der Waals surface area (Å²) in [4.78, 5) is 0. The summed E-state index contributed by atoms with van der Waals surface area (Å²) in [7, 11) is 0. The Labute approximate surface area is 125 Å². The van der Waals surface area contributed by atoms with Gasteiger partial charge in [-0.1, -0.05) is 30.3 Å². The minimum absolute atomic E-state index is 0.139. The largest absolute Gasteiger partial charge is 0.435 e. The molecule has 1 heterocycles. The highest BCUT2D eigenvalue weighted by atomic mass is 35.5. The number of halogens is 4. The van der Waals surface area contributed by atoms with Crippen LogP contribution in [0.3, 0.4) is 0 Å². The van der Waals surface area contributed by atoms with Crippen LogP contribution in [0.2, 0.25) is 0 Å². The number of anilines is 1. The van der Waals surface area contributed by atoms with Crippen LogP contribution in [0.25, 0.3) is 0 Å². The monoisotopic (exact) mass is 315 g/mol. The van der Waals surface area contributed by atoms with E-state index in [1.54, 1.807) is 0 Å². The van der Waals surface area contributed by atoms with Gasteiger partial charge in [-0.25, -0.2) is 0 Å². The van der Waals surface area contributed by atoms with E-state index in [1.165, 1.54) is 6.07 Å². The predicted octanol–water partition coefficient (Wildman–Crippen LogP) is 3.76. The Morgan fingerprint density at radius 1 is 1.05 bits per heavy atom. The van der Waals surface area contributed by atoms with Gasteiger partial charge in [-0.15, -0.1) is 21.8 Å². The lowest BCUT2D eigenvalue weighted by atomic mass is 10.1. The quantitative estimate of drug-likeness (QED) is 0.854. The van der Waals surface area contributed by atoms with Crippen molar-refractivity contribution in [1.82, 2.24) is 10.2 Å². The van der Waals surface area contributed by atoms with Crippen LogP contribution < -0.4 is 5.32 Å². The summed E-state index contributed by atoms with van der Waals surface area (Å²) in [6, 6.07) is 11.7. The predicted molar refractivity (Wildman–Crippen MR) is 75.3 cm³/mol. The Bertz CT molecular complexity index is 558. The third-order valence-corrected chi connectivity index (χ3v) is 3.19. The first kappa shape index (κ1) is 15.6. The first-order valence-electron chi connectivity index (χ1n) is 6.26. The smallest absolute Gasteiger partial charge is 0.364 e. The van der Waals surface area contributed by atoms with Gasteiger partial charge >= 0.3 is 6.18 Å². The maximum absolute atomic E-state index is 12.4. The molecule has 1 aromatic heterocycles. The van der Waals surface area contributed by atoms with Gasteiger partial charge in [0.1, 0.15) is 5.82 Å². The molecule has 3 nitrogen and oxygen atoms in total. The highest BCUT2D eigenvalue weighted by molar-refractivity contribution is 6.18. The molecule has 1 aromatic carbocycles. The zero-order valence-corrected chi connectivity index (χ0v) is 11.7. The molecule has 21 heavy (non-hydrogen) atoms. The zero-order valence-electron chi connectivity index (χ0n) is 10.9. The second-order valence-corrected chi connectivity index (χ2v) is 4.80. The second-order valence-electron chi connectivity index (χ2n) is 4.49. The van der Waals surface area contributed by atoms with E-state index in [0.717, 1.165) is 11.6 Å². The Morgan fingerprint density at radius 2 is 1.76 bits per heavy atom. The van der Waals surface area contributed by atoms with E-state index in [2.05, 4.69) is 15.5 Å². The highest BCUT2D eigenvalue weighted by Crippen LogP contribution is 2.27. The van der Waals surface area contributed by atoms with Crippen molar-refractivity contribution in [3.05, 3.63) is 53.7 Å². The van der Waals surface area contributed by atoms with Crippen LogP contribution in [0.4, 0.5) is 19.0 Å². The summed E-state index contributed by atoms with van der Waals surface area (Å²) in [5.74, 6) is 0.571. The molecule has 1 unspecified atom stereocenters. The SMILES string of the molecule is FC(F)(F)c1ccc(NC(CCl)Cc2ccccc2)nn1. The summed E-state index contributed by atoms with van der Waals surface area (Å²) in [5.41, 5.74) is 0.0639. The van der Waals surface area contributed by atoms with Gasteiger partial charge in [-0.3, -0.25) is 0 Å². The minimum Gasteiger partial charge on any atom is -0.364 e. The van der Waals surface area contributed by atoms with Crippen molar-refractivity contribution in [3.8, 4) is 0 Å². The van der Waals surface area contributed by atoms with E-state index in [4.69, 9.17) is 11.6 Å². The summed E-state index contributed by atoms with van der Waals surface area (Å²) in [6.07, 6.45) is -3.84. The Morgan fingerprint density at radius 3 is 2.29 bits per heavy atom. The van der Waals surface area contributed by atoms with Gasteiger partial charge in [0, 0.05) is 11.9 Å². The molecule has 0 fully saturated rings. The number of hydrogen-bond donors (Lipinski definition) is 1. The Hall–Kier alpha value is -1.82. The molecule has 1 atom stereocenters. The van der Waals surface area contributed by atoms with E-state index in [0.29, 0.717) is 12.3 Å². The van der Waals surface area contributed by atoms with Crippen molar-refractivity contribution < 1.29 is 13.2 Å². The van der Waals surface area contributed by atoms with Crippen LogP contribution in [0.5, 0.6) is 0 Å². The fourth-order valence-corrected chi connectivity index (χ4v) is 2.00. The number of nitrogens with zero attached hydrogens (tertiary/aromatic N) is 2. The molecule has 1 N–H and O–H groups in total. The molecule has 0 amide bonds. The van der Waals surface area contributed by atoms with Gasteiger partial charge in [0.2, 0.25) is 0 Å². The van der Waals surface area contributed by atoms with Gasteiger partial charge < -0.3 is 5.32 Å². The molecule has 0 radical (unpaired) electrons. The van der Waals surface area contributed by atoms with Gasteiger partial charge in [-0.2, -0.15) is 13.2 Å². The van der Waals surface area contributed by atoms with E-state index >= 15 is 0 Å². The lowest BCUT2D eigenvalue weighted by Crippen LogP contribution is -2.25. The number of rotatable bonds is 5. The Kier molecular flexibility index (Phi) is 5.01. The topological polar surface area (TPSA) is 37.8 Å². The molecule has 0 aliphatic heterocycles. The standard InChI is InChI=1S/C14H13ClF3N3/c15-9-11(8-10-4-2-1-3-5-10)19-13-7-6-12(20-21-13)14(16,17)18/h1-7,11H,8-9H2,(H,19,21). The van der Waals surface area contributed by atoms with Crippen molar-refractivity contribution in [2.24, 2.45) is 0 Å². The van der Waals surface area contributed by atoms with Crippen LogP contribution in [0, 0.1) is 0 Å². The summed E-state index contributed by atoms with van der Waals surface area (Å²) >= 11 is 5.88. The van der Waals surface area contributed by atoms with E-state index in [9.17, 15) is 13.2 Å². The average molecular weight is 316 g/mol. The molecule has 112 valence electrons. The molecular weight excluding hydrogens is 303 g/mol. The average Bonchev–Trinajstić information content (AvgIpc) is 2.47. The molecule has 0 spiro atoms. The molecule has 0 aliphatic carbocycles. The molecule has 2 rings (SSSR count). The van der Waals surface area contributed by atoms with Crippen LogP contribution >= 0.6 is 11.6 Å². The summed E-state index contributed by atoms with van der Waals surface area (Å²) < 4.78 is 37.2. The number of hydrogen-bond acceptors (Lipinski definition) is 3. The van der Waals surface area contributed by atoms with Gasteiger partial charge in [0.15, 0.2) is 5.69 Å². The van der Waals surface area contributed by atoms with Crippen molar-refractivity contribution in [2.45, 2.75) is 18.6 Å². The van der Waals surface area contributed by atoms with Crippen LogP contribution in [0.15, 0.2) is 42.5 Å². The maximum atomic E-state index is 12.4. The van der Waals surface area contributed by atoms with Gasteiger partial charge in [0.05, 0.1) is 0 Å². The van der Waals surface area contributed by atoms with Crippen molar-refractivity contribution in [3.63, 3.8) is 0 Å². The minimum atomic E-state index is -4.48. The van der Waals surface area contributed by atoms with Crippen LogP contribution in [0.1, 0.15) is 11.3 Å². The zero-order chi connectivity index (χ0) is 15.3. The van der Waals surface area contributed by atoms with Crippen molar-refractivity contribution in [1.29, 1.82) is 0 Å². The van der Waals surface area contributed by atoms with Gasteiger partial charge in [0.25, 0.3) is 0 Å². The first-order chi connectivity index (χ1) is 9.99. The molecule has 7 heteroatoms. The van der Waals surface area contributed by atoms with Crippen LogP contribution in [-0.4, -0.2) is 22.1 Å². The molecular formula is C14H13ClF3N3. The normalized spacial score (nSPS) is 13.0. The van der Waals surface area contributed by atoms with Gasteiger partial charge in [-0.05, 0) is 24.1 Å². The first-order valence-corrected chi connectivity index (χ1v) is 6.80. The lowest BCUT2D eigenvalue weighted by molar-refractivity contribution is -0.141. The molecule has 0 saturated heterocycles. The third-order valence-electron chi connectivity index (χ3n) is 2.82. The summed E-state index contributed by atoms with van der Waals surface area (Å²) in [6.45, 7) is 0. The fourth-order valence-electron chi connectivity index (χ4n) is 1.81. The number of alkyl halides is 4. The number of benzene rings is 1. The Balaban J connectivity index is 2.02. The lowest BCUT2D eigenvalue weighted by Gasteiger charge is -2.16. The maximum Gasteiger partial charge on any atom is 0.435 e. The third kappa shape index (κ3) is 4.60. The van der Waals surface area contributed by atoms with E-state index in [-0.39, 0.29) is 11.9 Å². The highest BCUT2D eigenvalue weighted by Gasteiger charge is 2.32. The van der Waals surface area contributed by atoms with E-state index in [1.807, 2.05) is 30.3 Å². The summed E-state index contributed by atoms with van der Waals surface area (Å²) in [5, 5.41) is 9.68. The fraction of sp³-hybridized carbons (Fsp3) is 0.286. The van der Waals surface area contributed by atoms with Crippen LogP contribution in [-0.2, 0) is 12.6 Å². The molecule has 0 bridgehead atoms. The number of nitrogens with one attached hydrogen (secondary N) is 1. The molecule has 2 aromatic rings. The van der Waals surface area contributed by atoms with Crippen molar-refractivity contribution >= 4 is 17.4 Å². The van der Waals surface area contributed by atoms with Crippen molar-refractivity contribution in [2.75, 3.05) is 11.2 Å².